The predicted molar refractivity (Wildman–Crippen MR) is 107 cm³/mol. The summed E-state index contributed by atoms with van der Waals surface area (Å²) in [5, 5.41) is 9.95. The lowest BCUT2D eigenvalue weighted by atomic mass is 10.1. The van der Waals surface area contributed by atoms with Crippen LogP contribution in [0.15, 0.2) is 23.3 Å². The number of carbonyl (C=O) groups is 2. The van der Waals surface area contributed by atoms with Gasteiger partial charge in [-0.05, 0) is 58.2 Å². The van der Waals surface area contributed by atoms with E-state index in [9.17, 15) is 14.0 Å². The number of ether oxygens (including phenoxy) is 1. The molecule has 28 heavy (non-hydrogen) atoms. The zero-order valence-electron chi connectivity index (χ0n) is 16.9. The monoisotopic (exact) mass is 395 g/mol. The number of halogens is 1. The van der Waals surface area contributed by atoms with Gasteiger partial charge in [0, 0.05) is 19.6 Å². The SMILES string of the molecule is CNC/C(=N\NC)C(=O)NC1CCN(C)CC1.COc1ccc(F)cc1C=O. The first-order valence-corrected chi connectivity index (χ1v) is 9.11. The van der Waals surface area contributed by atoms with Crippen LogP contribution in [0.2, 0.25) is 0 Å². The van der Waals surface area contributed by atoms with E-state index in [0.29, 0.717) is 24.3 Å². The largest absolute Gasteiger partial charge is 0.496 e. The Morgan fingerprint density at radius 2 is 2.04 bits per heavy atom. The molecule has 0 aliphatic carbocycles. The fourth-order valence-electron chi connectivity index (χ4n) is 2.69. The predicted octanol–water partition coefficient (Wildman–Crippen LogP) is 0.638. The molecule has 0 bridgehead atoms. The van der Waals surface area contributed by atoms with Crippen molar-refractivity contribution in [3.63, 3.8) is 0 Å². The highest BCUT2D eigenvalue weighted by Gasteiger charge is 2.20. The normalized spacial score (nSPS) is 15.2. The van der Waals surface area contributed by atoms with Crippen molar-refractivity contribution < 1.29 is 18.7 Å². The van der Waals surface area contributed by atoms with E-state index in [-0.39, 0.29) is 17.5 Å². The van der Waals surface area contributed by atoms with Crippen LogP contribution in [0.5, 0.6) is 5.75 Å². The van der Waals surface area contributed by atoms with E-state index < -0.39 is 5.82 Å². The van der Waals surface area contributed by atoms with Crippen molar-refractivity contribution in [3.8, 4) is 5.75 Å². The third-order valence-electron chi connectivity index (χ3n) is 4.23. The number of amides is 1. The molecule has 0 radical (unpaired) electrons. The van der Waals surface area contributed by atoms with Crippen LogP contribution in [0.3, 0.4) is 0 Å². The lowest BCUT2D eigenvalue weighted by molar-refractivity contribution is -0.115. The Morgan fingerprint density at radius 3 is 2.57 bits per heavy atom. The molecular weight excluding hydrogens is 365 g/mol. The van der Waals surface area contributed by atoms with Crippen molar-refractivity contribution in [1.82, 2.24) is 21.0 Å². The fourth-order valence-corrected chi connectivity index (χ4v) is 2.69. The number of aldehydes is 1. The fraction of sp³-hybridized carbons (Fsp3) is 0.526. The number of hydrazone groups is 1. The first-order valence-electron chi connectivity index (χ1n) is 9.11. The van der Waals surface area contributed by atoms with Crippen molar-refractivity contribution in [2.24, 2.45) is 5.10 Å². The smallest absolute Gasteiger partial charge is 0.269 e. The Morgan fingerprint density at radius 1 is 1.36 bits per heavy atom. The molecule has 0 spiro atoms. The molecule has 0 atom stereocenters. The first-order chi connectivity index (χ1) is 13.4. The van der Waals surface area contributed by atoms with E-state index in [2.05, 4.69) is 33.1 Å². The molecule has 0 aromatic heterocycles. The minimum Gasteiger partial charge on any atom is -0.496 e. The number of hydrogen-bond donors (Lipinski definition) is 3. The average molecular weight is 395 g/mol. The molecule has 8 nitrogen and oxygen atoms in total. The topological polar surface area (TPSA) is 95.1 Å². The maximum absolute atomic E-state index is 12.5. The molecule has 0 saturated carbocycles. The van der Waals surface area contributed by atoms with Gasteiger partial charge >= 0.3 is 0 Å². The zero-order valence-corrected chi connectivity index (χ0v) is 16.9. The number of carbonyl (C=O) groups excluding carboxylic acids is 2. The van der Waals surface area contributed by atoms with Gasteiger partial charge in [0.2, 0.25) is 0 Å². The number of piperidine rings is 1. The molecule has 2 rings (SSSR count). The molecular formula is C19H30FN5O3. The molecule has 9 heteroatoms. The van der Waals surface area contributed by atoms with Crippen molar-refractivity contribution in [2.75, 3.05) is 47.9 Å². The number of nitrogens with zero attached hydrogens (tertiary/aromatic N) is 2. The van der Waals surface area contributed by atoms with Crippen molar-refractivity contribution >= 4 is 17.9 Å². The van der Waals surface area contributed by atoms with Gasteiger partial charge in [0.25, 0.3) is 5.91 Å². The quantitative estimate of drug-likeness (QED) is 0.356. The van der Waals surface area contributed by atoms with Crippen LogP contribution in [-0.2, 0) is 4.79 Å². The van der Waals surface area contributed by atoms with Crippen LogP contribution in [0.1, 0.15) is 23.2 Å². The lowest BCUT2D eigenvalue weighted by Gasteiger charge is -2.29. The molecule has 1 aromatic rings. The number of hydrogen-bond acceptors (Lipinski definition) is 7. The second-order valence-corrected chi connectivity index (χ2v) is 6.37. The molecule has 1 aromatic carbocycles. The molecule has 1 fully saturated rings. The summed E-state index contributed by atoms with van der Waals surface area (Å²) in [6, 6.07) is 4.06. The summed E-state index contributed by atoms with van der Waals surface area (Å²) in [5.41, 5.74) is 3.38. The van der Waals surface area contributed by atoms with Gasteiger partial charge in [0.1, 0.15) is 17.3 Å². The minimum absolute atomic E-state index is 0.0803. The van der Waals surface area contributed by atoms with Gasteiger partial charge < -0.3 is 25.7 Å². The van der Waals surface area contributed by atoms with Gasteiger partial charge in [0.05, 0.1) is 12.7 Å². The van der Waals surface area contributed by atoms with Crippen molar-refractivity contribution in [1.29, 1.82) is 0 Å². The van der Waals surface area contributed by atoms with Crippen LogP contribution in [0, 0.1) is 5.82 Å². The molecule has 0 unspecified atom stereocenters. The van der Waals surface area contributed by atoms with E-state index in [4.69, 9.17) is 4.74 Å². The summed E-state index contributed by atoms with van der Waals surface area (Å²) in [6.07, 6.45) is 2.57. The Balaban J connectivity index is 0.000000307. The van der Waals surface area contributed by atoms with E-state index in [1.54, 1.807) is 14.1 Å². The van der Waals surface area contributed by atoms with Crippen LogP contribution in [-0.4, -0.2) is 76.7 Å². The summed E-state index contributed by atoms with van der Waals surface area (Å²) >= 11 is 0. The van der Waals surface area contributed by atoms with E-state index >= 15 is 0 Å². The molecule has 1 amide bonds. The number of methoxy groups -OCH3 is 1. The van der Waals surface area contributed by atoms with Gasteiger partial charge in [-0.15, -0.1) is 0 Å². The Bertz CT molecular complexity index is 661. The highest BCUT2D eigenvalue weighted by atomic mass is 19.1. The zero-order chi connectivity index (χ0) is 20.9. The van der Waals surface area contributed by atoms with E-state index in [1.807, 2.05) is 0 Å². The van der Waals surface area contributed by atoms with Crippen LogP contribution in [0.25, 0.3) is 0 Å². The van der Waals surface area contributed by atoms with Gasteiger partial charge in [-0.1, -0.05) is 0 Å². The Labute approximate surface area is 165 Å². The molecule has 1 aliphatic heterocycles. The first kappa shape index (κ1) is 23.5. The lowest BCUT2D eigenvalue weighted by Crippen LogP contribution is -2.47. The maximum Gasteiger partial charge on any atom is 0.269 e. The second-order valence-electron chi connectivity index (χ2n) is 6.37. The Hall–Kier alpha value is -2.52. The minimum atomic E-state index is -0.437. The maximum atomic E-state index is 12.5. The third-order valence-corrected chi connectivity index (χ3v) is 4.23. The number of benzene rings is 1. The molecule has 1 heterocycles. The molecule has 1 aliphatic rings. The van der Waals surface area contributed by atoms with Crippen molar-refractivity contribution in [3.05, 3.63) is 29.6 Å². The van der Waals surface area contributed by atoms with E-state index in [1.165, 1.54) is 19.2 Å². The average Bonchev–Trinajstić information content (AvgIpc) is 2.70. The summed E-state index contributed by atoms with van der Waals surface area (Å²) in [7, 11) is 7.03. The Kier molecular flexibility index (Phi) is 10.7. The highest BCUT2D eigenvalue weighted by molar-refractivity contribution is 6.39. The summed E-state index contributed by atoms with van der Waals surface area (Å²) < 4.78 is 17.2. The number of likely N-dealkylation sites (tertiary alicyclic amines) is 1. The third kappa shape index (κ3) is 8.01. The standard InChI is InChI=1S/C11H23N5O.C8H7FO2/c1-12-8-10(15-13-2)11(17)14-9-4-6-16(3)7-5-9;1-11-8-3-2-7(9)4-6(8)5-10/h9,12-13H,4-8H2,1-3H3,(H,14,17);2-5H,1H3/b15-10+;. The van der Waals surface area contributed by atoms with Gasteiger partial charge in [0.15, 0.2) is 6.29 Å². The number of nitrogens with one attached hydrogen (secondary N) is 3. The van der Waals surface area contributed by atoms with Crippen LogP contribution in [0.4, 0.5) is 4.39 Å². The molecule has 3 N–H and O–H groups in total. The van der Waals surface area contributed by atoms with Crippen LogP contribution >= 0.6 is 0 Å². The summed E-state index contributed by atoms with van der Waals surface area (Å²) in [5.74, 6) is -0.127. The molecule has 1 saturated heterocycles. The van der Waals surface area contributed by atoms with Crippen molar-refractivity contribution in [2.45, 2.75) is 18.9 Å². The van der Waals surface area contributed by atoms with Gasteiger partial charge in [-0.3, -0.25) is 9.59 Å². The summed E-state index contributed by atoms with van der Waals surface area (Å²) in [6.45, 7) is 2.55. The highest BCUT2D eigenvalue weighted by Crippen LogP contribution is 2.16. The van der Waals surface area contributed by atoms with Crippen LogP contribution < -0.4 is 20.8 Å². The summed E-state index contributed by atoms with van der Waals surface area (Å²) in [4.78, 5) is 24.5. The molecule has 156 valence electrons. The number of rotatable bonds is 7. The second kappa shape index (κ2) is 12.8. The van der Waals surface area contributed by atoms with E-state index in [0.717, 1.165) is 32.0 Å². The van der Waals surface area contributed by atoms with Gasteiger partial charge in [-0.25, -0.2) is 4.39 Å². The van der Waals surface area contributed by atoms with Gasteiger partial charge in [-0.2, -0.15) is 5.10 Å².